The van der Waals surface area contributed by atoms with Gasteiger partial charge in [-0.3, -0.25) is 4.79 Å². The average molecular weight is 239 g/mol. The smallest absolute Gasteiger partial charge is 0.242 e. The second kappa shape index (κ2) is 5.33. The van der Waals surface area contributed by atoms with Crippen molar-refractivity contribution in [1.29, 1.82) is 0 Å². The van der Waals surface area contributed by atoms with E-state index in [1.165, 1.54) is 13.4 Å². The summed E-state index contributed by atoms with van der Waals surface area (Å²) in [5.74, 6) is 0.161. The molecule has 1 unspecified atom stereocenters. The van der Waals surface area contributed by atoms with Crippen LogP contribution in [0.1, 0.15) is 13.8 Å². The number of amides is 1. The van der Waals surface area contributed by atoms with Crippen molar-refractivity contribution >= 4 is 17.4 Å². The third-order valence-electron chi connectivity index (χ3n) is 2.31. The Morgan fingerprint density at radius 2 is 2.12 bits per heavy atom. The van der Waals surface area contributed by atoms with Gasteiger partial charge in [-0.15, -0.1) is 0 Å². The van der Waals surface area contributed by atoms with Crippen molar-refractivity contribution < 1.29 is 9.53 Å². The van der Waals surface area contributed by atoms with E-state index in [0.29, 0.717) is 5.82 Å². The molecule has 1 rings (SSSR count). The summed E-state index contributed by atoms with van der Waals surface area (Å²) in [5.41, 5.74) is 11.3. The predicted octanol–water partition coefficient (Wildman–Crippen LogP) is -0.0108. The Balaban J connectivity index is 2.97. The molecule has 0 saturated heterocycles. The van der Waals surface area contributed by atoms with Crippen LogP contribution in [0.25, 0.3) is 0 Å². The Kier molecular flexibility index (Phi) is 4.08. The fourth-order valence-electron chi connectivity index (χ4n) is 1.37. The maximum absolute atomic E-state index is 11.3. The molecule has 0 fully saturated rings. The molecule has 0 radical (unpaired) electrons. The van der Waals surface area contributed by atoms with E-state index in [-0.39, 0.29) is 17.5 Å². The summed E-state index contributed by atoms with van der Waals surface area (Å²) >= 11 is 0. The number of aromatic nitrogens is 2. The van der Waals surface area contributed by atoms with Crippen LogP contribution >= 0.6 is 0 Å². The lowest BCUT2D eigenvalue weighted by Crippen LogP contribution is -2.40. The first-order valence-corrected chi connectivity index (χ1v) is 5.17. The Labute approximate surface area is 99.6 Å². The fourth-order valence-corrected chi connectivity index (χ4v) is 1.37. The number of ether oxygens (including phenoxy) is 1. The highest BCUT2D eigenvalue weighted by molar-refractivity contribution is 5.84. The number of methoxy groups -OCH3 is 1. The zero-order valence-electron chi connectivity index (χ0n) is 10.1. The molecular weight excluding hydrogens is 222 g/mol. The Morgan fingerprint density at radius 1 is 1.47 bits per heavy atom. The van der Waals surface area contributed by atoms with E-state index in [1.807, 2.05) is 13.8 Å². The number of nitrogens with two attached hydrogens (primary N) is 2. The molecule has 1 atom stereocenters. The van der Waals surface area contributed by atoms with E-state index in [0.717, 1.165) is 0 Å². The van der Waals surface area contributed by atoms with Crippen LogP contribution < -0.4 is 21.5 Å². The van der Waals surface area contributed by atoms with Crippen LogP contribution in [0.4, 0.5) is 11.5 Å². The number of carbonyl (C=O) groups excluding carboxylic acids is 1. The molecule has 0 aromatic carbocycles. The van der Waals surface area contributed by atoms with Gasteiger partial charge in [0.05, 0.1) is 7.11 Å². The van der Waals surface area contributed by atoms with Gasteiger partial charge < -0.3 is 21.5 Å². The van der Waals surface area contributed by atoms with Crippen molar-refractivity contribution in [3.63, 3.8) is 0 Å². The molecule has 1 aromatic heterocycles. The molecule has 17 heavy (non-hydrogen) atoms. The van der Waals surface area contributed by atoms with Crippen molar-refractivity contribution in [2.45, 2.75) is 19.9 Å². The predicted molar refractivity (Wildman–Crippen MR) is 64.4 cm³/mol. The van der Waals surface area contributed by atoms with Crippen LogP contribution in [-0.4, -0.2) is 29.0 Å². The molecule has 0 aliphatic rings. The lowest BCUT2D eigenvalue weighted by Gasteiger charge is -2.20. The zero-order chi connectivity index (χ0) is 13.0. The molecular formula is C10H17N5O2. The van der Waals surface area contributed by atoms with Crippen molar-refractivity contribution in [2.75, 3.05) is 18.2 Å². The normalized spacial score (nSPS) is 12.2. The average Bonchev–Trinajstić information content (AvgIpc) is 2.26. The Morgan fingerprint density at radius 3 is 2.59 bits per heavy atom. The zero-order valence-corrected chi connectivity index (χ0v) is 10.1. The van der Waals surface area contributed by atoms with Crippen molar-refractivity contribution in [3.8, 4) is 5.88 Å². The first kappa shape index (κ1) is 13.0. The van der Waals surface area contributed by atoms with Gasteiger partial charge in [0, 0.05) is 0 Å². The van der Waals surface area contributed by atoms with E-state index >= 15 is 0 Å². The molecule has 1 amide bonds. The van der Waals surface area contributed by atoms with Crippen LogP contribution in [-0.2, 0) is 4.79 Å². The van der Waals surface area contributed by atoms with Crippen LogP contribution in [0.5, 0.6) is 5.88 Å². The van der Waals surface area contributed by atoms with Gasteiger partial charge in [-0.1, -0.05) is 13.8 Å². The topological polar surface area (TPSA) is 116 Å². The largest absolute Gasteiger partial charge is 0.479 e. The van der Waals surface area contributed by atoms with Crippen LogP contribution in [0, 0.1) is 5.92 Å². The molecule has 7 nitrogen and oxygen atoms in total. The lowest BCUT2D eigenvalue weighted by atomic mass is 10.0. The molecule has 7 heteroatoms. The van der Waals surface area contributed by atoms with Gasteiger partial charge >= 0.3 is 0 Å². The minimum atomic E-state index is -0.545. The summed E-state index contributed by atoms with van der Waals surface area (Å²) in [6.07, 6.45) is 1.30. The van der Waals surface area contributed by atoms with Gasteiger partial charge in [0.15, 0.2) is 5.82 Å². The SMILES string of the molecule is COc1ncnc(NC(C(N)=O)C(C)C)c1N. The van der Waals surface area contributed by atoms with E-state index in [2.05, 4.69) is 15.3 Å². The molecule has 0 spiro atoms. The minimum absolute atomic E-state index is 0.0212. The lowest BCUT2D eigenvalue weighted by molar-refractivity contribution is -0.119. The van der Waals surface area contributed by atoms with E-state index < -0.39 is 11.9 Å². The van der Waals surface area contributed by atoms with Gasteiger partial charge in [-0.2, -0.15) is 4.98 Å². The van der Waals surface area contributed by atoms with E-state index in [9.17, 15) is 4.79 Å². The summed E-state index contributed by atoms with van der Waals surface area (Å²) in [6, 6.07) is -0.545. The van der Waals surface area contributed by atoms with Gasteiger partial charge in [0.25, 0.3) is 0 Å². The number of nitrogens with zero attached hydrogens (tertiary/aromatic N) is 2. The fraction of sp³-hybridized carbons (Fsp3) is 0.500. The molecule has 1 heterocycles. The number of hydrogen-bond donors (Lipinski definition) is 3. The second-order valence-electron chi connectivity index (χ2n) is 3.91. The maximum Gasteiger partial charge on any atom is 0.242 e. The molecule has 94 valence electrons. The van der Waals surface area contributed by atoms with Gasteiger partial charge in [0.2, 0.25) is 11.8 Å². The number of nitrogens with one attached hydrogen (secondary N) is 1. The van der Waals surface area contributed by atoms with Gasteiger partial charge in [0.1, 0.15) is 18.1 Å². The molecule has 5 N–H and O–H groups in total. The summed E-state index contributed by atoms with van der Waals surface area (Å²) in [7, 11) is 1.45. The summed E-state index contributed by atoms with van der Waals surface area (Å²) in [5, 5.41) is 2.89. The van der Waals surface area contributed by atoms with E-state index in [1.54, 1.807) is 0 Å². The highest BCUT2D eigenvalue weighted by Gasteiger charge is 2.21. The second-order valence-corrected chi connectivity index (χ2v) is 3.91. The number of anilines is 2. The number of carbonyl (C=O) groups is 1. The van der Waals surface area contributed by atoms with Crippen molar-refractivity contribution in [3.05, 3.63) is 6.33 Å². The third kappa shape index (κ3) is 2.96. The Bertz CT molecular complexity index is 408. The van der Waals surface area contributed by atoms with Crippen molar-refractivity contribution in [1.82, 2.24) is 9.97 Å². The summed E-state index contributed by atoms with van der Waals surface area (Å²) in [6.45, 7) is 3.74. The molecule has 0 saturated carbocycles. The standard InChI is InChI=1S/C10H17N5O2/c1-5(2)7(8(12)16)15-9-6(11)10(17-3)14-4-13-9/h4-5,7H,11H2,1-3H3,(H2,12,16)(H,13,14,15). The molecule has 0 aliphatic heterocycles. The number of rotatable bonds is 5. The summed E-state index contributed by atoms with van der Waals surface area (Å²) in [4.78, 5) is 19.1. The van der Waals surface area contributed by atoms with Gasteiger partial charge in [-0.25, -0.2) is 4.98 Å². The quantitative estimate of drug-likeness (QED) is 0.665. The first-order valence-electron chi connectivity index (χ1n) is 5.17. The third-order valence-corrected chi connectivity index (χ3v) is 2.31. The monoisotopic (exact) mass is 239 g/mol. The van der Waals surface area contributed by atoms with Gasteiger partial charge in [-0.05, 0) is 5.92 Å². The number of nitrogen functional groups attached to an aromatic ring is 1. The molecule has 0 aliphatic carbocycles. The van der Waals surface area contributed by atoms with Crippen LogP contribution in [0.2, 0.25) is 0 Å². The summed E-state index contributed by atoms with van der Waals surface area (Å²) < 4.78 is 4.96. The van der Waals surface area contributed by atoms with Crippen LogP contribution in [0.15, 0.2) is 6.33 Å². The van der Waals surface area contributed by atoms with Crippen molar-refractivity contribution in [2.24, 2.45) is 11.7 Å². The van der Waals surface area contributed by atoms with Crippen LogP contribution in [0.3, 0.4) is 0 Å². The minimum Gasteiger partial charge on any atom is -0.479 e. The Hall–Kier alpha value is -2.05. The number of hydrogen-bond acceptors (Lipinski definition) is 6. The van der Waals surface area contributed by atoms with E-state index in [4.69, 9.17) is 16.2 Å². The highest BCUT2D eigenvalue weighted by atomic mass is 16.5. The maximum atomic E-state index is 11.3. The highest BCUT2D eigenvalue weighted by Crippen LogP contribution is 2.25. The number of primary amides is 1. The molecule has 0 bridgehead atoms. The first-order chi connectivity index (χ1) is 7.97. The molecule has 1 aromatic rings.